The summed E-state index contributed by atoms with van der Waals surface area (Å²) in [5.74, 6) is -0.117. The molecule has 0 spiro atoms. The third-order valence-corrected chi connectivity index (χ3v) is 4.51. The minimum absolute atomic E-state index is 0.0412. The molecule has 1 aromatic heterocycles. The maximum atomic E-state index is 12.8. The van der Waals surface area contributed by atoms with Gasteiger partial charge in [0.25, 0.3) is 5.91 Å². The first-order valence-electron chi connectivity index (χ1n) is 8.55. The molecular weight excluding hydrogens is 346 g/mol. The molecule has 5 heteroatoms. The Kier molecular flexibility index (Phi) is 5.55. The van der Waals surface area contributed by atoms with E-state index in [0.29, 0.717) is 10.6 Å². The summed E-state index contributed by atoms with van der Waals surface area (Å²) < 4.78 is 0. The Morgan fingerprint density at radius 1 is 1.12 bits per heavy atom. The van der Waals surface area contributed by atoms with Crippen LogP contribution in [0.25, 0.3) is 22.0 Å². The van der Waals surface area contributed by atoms with E-state index in [-0.39, 0.29) is 11.9 Å². The average Bonchev–Trinajstić information content (AvgIpc) is 2.60. The van der Waals surface area contributed by atoms with Crippen molar-refractivity contribution in [2.75, 3.05) is 20.6 Å². The van der Waals surface area contributed by atoms with E-state index >= 15 is 0 Å². The Morgan fingerprint density at radius 3 is 2.46 bits per heavy atom. The summed E-state index contributed by atoms with van der Waals surface area (Å²) in [4.78, 5) is 19.4. The van der Waals surface area contributed by atoms with E-state index in [0.717, 1.165) is 28.6 Å². The lowest BCUT2D eigenvalue weighted by molar-refractivity contribution is 0.0935. The Bertz CT molecular complexity index is 939. The van der Waals surface area contributed by atoms with E-state index in [1.807, 2.05) is 74.4 Å². The van der Waals surface area contributed by atoms with Crippen LogP contribution in [0, 0.1) is 0 Å². The zero-order valence-corrected chi connectivity index (χ0v) is 15.9. The first-order chi connectivity index (χ1) is 12.5. The molecule has 134 valence electrons. The SMILES string of the molecule is CC(CN(C)C)NC(=O)c1cnc(-c2ccccc2Cl)c2ccccc12. The minimum atomic E-state index is -0.117. The van der Waals surface area contributed by atoms with Crippen molar-refractivity contribution in [3.8, 4) is 11.3 Å². The Balaban J connectivity index is 2.03. The molecule has 1 N–H and O–H groups in total. The van der Waals surface area contributed by atoms with E-state index in [4.69, 9.17) is 11.6 Å². The lowest BCUT2D eigenvalue weighted by Gasteiger charge is -2.19. The van der Waals surface area contributed by atoms with Crippen LogP contribution in [0.15, 0.2) is 54.7 Å². The molecule has 26 heavy (non-hydrogen) atoms. The van der Waals surface area contributed by atoms with Crippen LogP contribution >= 0.6 is 11.6 Å². The number of hydrogen-bond donors (Lipinski definition) is 1. The smallest absolute Gasteiger partial charge is 0.253 e. The van der Waals surface area contributed by atoms with Gasteiger partial charge in [-0.15, -0.1) is 0 Å². The molecule has 1 amide bonds. The highest BCUT2D eigenvalue weighted by Gasteiger charge is 2.17. The monoisotopic (exact) mass is 367 g/mol. The average molecular weight is 368 g/mol. The maximum Gasteiger partial charge on any atom is 0.253 e. The number of fused-ring (bicyclic) bond motifs is 1. The fourth-order valence-electron chi connectivity index (χ4n) is 3.14. The topological polar surface area (TPSA) is 45.2 Å². The zero-order chi connectivity index (χ0) is 18.7. The highest BCUT2D eigenvalue weighted by molar-refractivity contribution is 6.33. The number of benzene rings is 2. The van der Waals surface area contributed by atoms with Gasteiger partial charge in [-0.3, -0.25) is 9.78 Å². The Hall–Kier alpha value is -2.43. The number of carbonyl (C=O) groups is 1. The number of rotatable bonds is 5. The van der Waals surface area contributed by atoms with Crippen LogP contribution in [-0.2, 0) is 0 Å². The van der Waals surface area contributed by atoms with Crippen LogP contribution in [0.2, 0.25) is 5.02 Å². The fourth-order valence-corrected chi connectivity index (χ4v) is 3.36. The Morgan fingerprint density at radius 2 is 1.77 bits per heavy atom. The van der Waals surface area contributed by atoms with Gasteiger partial charge in [0.2, 0.25) is 0 Å². The van der Waals surface area contributed by atoms with Crippen molar-refractivity contribution >= 4 is 28.3 Å². The molecule has 1 unspecified atom stereocenters. The third kappa shape index (κ3) is 3.87. The van der Waals surface area contributed by atoms with Crippen LogP contribution in [0.4, 0.5) is 0 Å². The molecule has 1 heterocycles. The normalized spacial score (nSPS) is 12.3. The first-order valence-corrected chi connectivity index (χ1v) is 8.93. The third-order valence-electron chi connectivity index (χ3n) is 4.19. The summed E-state index contributed by atoms with van der Waals surface area (Å²) in [6, 6.07) is 15.4. The number of halogens is 1. The van der Waals surface area contributed by atoms with Crippen LogP contribution in [0.3, 0.4) is 0 Å². The van der Waals surface area contributed by atoms with Gasteiger partial charge in [0, 0.05) is 34.8 Å². The molecule has 0 aliphatic rings. The fraction of sp³-hybridized carbons (Fsp3) is 0.238. The van der Waals surface area contributed by atoms with Gasteiger partial charge in [-0.05, 0) is 32.5 Å². The van der Waals surface area contributed by atoms with E-state index in [1.54, 1.807) is 6.20 Å². The quantitative estimate of drug-likeness (QED) is 0.733. The Labute approximate surface area is 158 Å². The number of pyridine rings is 1. The first kappa shape index (κ1) is 18.4. The van der Waals surface area contributed by atoms with Gasteiger partial charge in [-0.2, -0.15) is 0 Å². The van der Waals surface area contributed by atoms with Crippen LogP contribution in [0.5, 0.6) is 0 Å². The number of hydrogen-bond acceptors (Lipinski definition) is 3. The van der Waals surface area contributed by atoms with E-state index < -0.39 is 0 Å². The van der Waals surface area contributed by atoms with Crippen molar-refractivity contribution < 1.29 is 4.79 Å². The van der Waals surface area contributed by atoms with Gasteiger partial charge in [-0.25, -0.2) is 0 Å². The zero-order valence-electron chi connectivity index (χ0n) is 15.2. The highest BCUT2D eigenvalue weighted by atomic mass is 35.5. The molecule has 0 bridgehead atoms. The number of amides is 1. The summed E-state index contributed by atoms with van der Waals surface area (Å²) in [7, 11) is 3.97. The van der Waals surface area contributed by atoms with Gasteiger partial charge >= 0.3 is 0 Å². The van der Waals surface area contributed by atoms with Crippen molar-refractivity contribution in [2.45, 2.75) is 13.0 Å². The summed E-state index contributed by atoms with van der Waals surface area (Å²) in [6.45, 7) is 2.76. The molecule has 3 rings (SSSR count). The molecule has 0 aliphatic carbocycles. The van der Waals surface area contributed by atoms with Gasteiger partial charge < -0.3 is 10.2 Å². The number of nitrogens with zero attached hydrogens (tertiary/aromatic N) is 2. The van der Waals surface area contributed by atoms with E-state index in [1.165, 1.54) is 0 Å². The molecule has 2 aromatic carbocycles. The van der Waals surface area contributed by atoms with Gasteiger partial charge in [0.05, 0.1) is 11.3 Å². The van der Waals surface area contributed by atoms with Gasteiger partial charge in [-0.1, -0.05) is 54.1 Å². The van der Waals surface area contributed by atoms with Gasteiger partial charge in [0.1, 0.15) is 0 Å². The van der Waals surface area contributed by atoms with Crippen LogP contribution in [-0.4, -0.2) is 42.5 Å². The lowest BCUT2D eigenvalue weighted by Crippen LogP contribution is -2.39. The predicted molar refractivity (Wildman–Crippen MR) is 108 cm³/mol. The predicted octanol–water partition coefficient (Wildman–Crippen LogP) is 4.24. The number of nitrogens with one attached hydrogen (secondary N) is 1. The molecule has 0 saturated carbocycles. The molecular formula is C21H22ClN3O. The largest absolute Gasteiger partial charge is 0.348 e. The molecule has 1 atom stereocenters. The molecule has 4 nitrogen and oxygen atoms in total. The standard InChI is InChI=1S/C21H22ClN3O/c1-14(13-25(2)3)24-21(26)18-12-23-20(16-9-5-4-8-15(16)18)17-10-6-7-11-19(17)22/h4-12,14H,13H2,1-3H3,(H,24,26). The number of aromatic nitrogens is 1. The van der Waals surface area contributed by atoms with Crippen molar-refractivity contribution in [1.82, 2.24) is 15.2 Å². The summed E-state index contributed by atoms with van der Waals surface area (Å²) >= 11 is 6.35. The van der Waals surface area contributed by atoms with Crippen LogP contribution < -0.4 is 5.32 Å². The van der Waals surface area contributed by atoms with E-state index in [2.05, 4.69) is 10.3 Å². The highest BCUT2D eigenvalue weighted by Crippen LogP contribution is 2.32. The van der Waals surface area contributed by atoms with Gasteiger partial charge in [0.15, 0.2) is 0 Å². The number of carbonyl (C=O) groups excluding carboxylic acids is 1. The second-order valence-corrected chi connectivity index (χ2v) is 7.09. The molecule has 3 aromatic rings. The molecule has 0 aliphatic heterocycles. The molecule has 0 saturated heterocycles. The second kappa shape index (κ2) is 7.85. The van der Waals surface area contributed by atoms with E-state index in [9.17, 15) is 4.79 Å². The van der Waals surface area contributed by atoms with Crippen LogP contribution in [0.1, 0.15) is 17.3 Å². The minimum Gasteiger partial charge on any atom is -0.348 e. The molecule has 0 fully saturated rings. The molecule has 0 radical (unpaired) electrons. The van der Waals surface area contributed by atoms with Crippen molar-refractivity contribution in [3.05, 3.63) is 65.3 Å². The van der Waals surface area contributed by atoms with Crippen molar-refractivity contribution in [2.24, 2.45) is 0 Å². The van der Waals surface area contributed by atoms with Crippen molar-refractivity contribution in [1.29, 1.82) is 0 Å². The summed E-state index contributed by atoms with van der Waals surface area (Å²) in [5, 5.41) is 5.46. The second-order valence-electron chi connectivity index (χ2n) is 6.68. The summed E-state index contributed by atoms with van der Waals surface area (Å²) in [6.07, 6.45) is 1.64. The lowest BCUT2D eigenvalue weighted by atomic mass is 10.0. The maximum absolute atomic E-state index is 12.8. The van der Waals surface area contributed by atoms with Crippen molar-refractivity contribution in [3.63, 3.8) is 0 Å². The summed E-state index contributed by atoms with van der Waals surface area (Å²) in [5.41, 5.74) is 2.21. The number of likely N-dealkylation sites (N-methyl/N-ethyl adjacent to an activating group) is 1.